The molecular weight excluding hydrogens is 323 g/mol. The molecule has 0 saturated carbocycles. The number of benzene rings is 2. The van der Waals surface area contributed by atoms with Crippen LogP contribution in [0.25, 0.3) is 0 Å². The predicted octanol–water partition coefficient (Wildman–Crippen LogP) is 1.88. The molecule has 0 bridgehead atoms. The van der Waals surface area contributed by atoms with Crippen molar-refractivity contribution in [2.75, 3.05) is 5.32 Å². The molecule has 0 aliphatic rings. The van der Waals surface area contributed by atoms with Crippen LogP contribution in [0.3, 0.4) is 0 Å². The molecular formula is C15H15FN2O4S. The topological polar surface area (TPSA) is 98.5 Å². The third kappa shape index (κ3) is 4.51. The SMILES string of the molecule is C[C@H](Oc1ccccc1F)C(=O)Nc1ccc(S(N)(=O)=O)cc1. The zero-order valence-electron chi connectivity index (χ0n) is 12.2. The third-order valence-corrected chi connectivity index (χ3v) is 3.89. The standard InChI is InChI=1S/C15H15FN2O4S/c1-10(22-14-5-3-2-4-13(14)16)15(19)18-11-6-8-12(9-7-11)23(17,20)21/h2-10H,1H3,(H,18,19)(H2,17,20,21)/t10-/m0/s1. The minimum Gasteiger partial charge on any atom is -0.478 e. The number of amides is 1. The normalized spacial score (nSPS) is 12.5. The number of nitrogens with one attached hydrogen (secondary N) is 1. The largest absolute Gasteiger partial charge is 0.478 e. The van der Waals surface area contributed by atoms with Gasteiger partial charge in [0, 0.05) is 5.69 Å². The lowest BCUT2D eigenvalue weighted by Crippen LogP contribution is -2.30. The number of nitrogens with two attached hydrogens (primary N) is 1. The molecule has 2 aromatic rings. The molecule has 1 atom stereocenters. The number of rotatable bonds is 5. The van der Waals surface area contributed by atoms with E-state index in [0.717, 1.165) is 0 Å². The average Bonchev–Trinajstić information content (AvgIpc) is 2.49. The van der Waals surface area contributed by atoms with Crippen LogP contribution in [0.4, 0.5) is 10.1 Å². The quantitative estimate of drug-likeness (QED) is 0.869. The Labute approximate surface area is 133 Å². The number of halogens is 1. The minimum absolute atomic E-state index is 0.0280. The molecule has 0 fully saturated rings. The number of ether oxygens (including phenoxy) is 1. The van der Waals surface area contributed by atoms with Crippen LogP contribution in [0.5, 0.6) is 5.75 Å². The number of para-hydroxylation sites is 1. The van der Waals surface area contributed by atoms with E-state index in [-0.39, 0.29) is 10.6 Å². The fourth-order valence-corrected chi connectivity index (χ4v) is 2.27. The van der Waals surface area contributed by atoms with Crippen LogP contribution in [-0.4, -0.2) is 20.4 Å². The van der Waals surface area contributed by atoms with Gasteiger partial charge in [0.25, 0.3) is 5.91 Å². The fraction of sp³-hybridized carbons (Fsp3) is 0.133. The highest BCUT2D eigenvalue weighted by Crippen LogP contribution is 2.18. The molecule has 0 spiro atoms. The molecule has 0 unspecified atom stereocenters. The molecule has 3 N–H and O–H groups in total. The predicted molar refractivity (Wildman–Crippen MR) is 82.9 cm³/mol. The molecule has 122 valence electrons. The van der Waals surface area contributed by atoms with E-state index in [1.165, 1.54) is 49.4 Å². The van der Waals surface area contributed by atoms with E-state index in [1.54, 1.807) is 6.07 Å². The third-order valence-electron chi connectivity index (χ3n) is 2.96. The van der Waals surface area contributed by atoms with Gasteiger partial charge in [-0.15, -0.1) is 0 Å². The second-order valence-corrected chi connectivity index (χ2v) is 6.31. The van der Waals surface area contributed by atoms with Crippen molar-refractivity contribution in [2.24, 2.45) is 5.14 Å². The molecule has 0 aliphatic carbocycles. The lowest BCUT2D eigenvalue weighted by Gasteiger charge is -2.15. The molecule has 8 heteroatoms. The van der Waals surface area contributed by atoms with Crippen LogP contribution in [0.1, 0.15) is 6.92 Å². The second-order valence-electron chi connectivity index (χ2n) is 4.75. The molecule has 0 saturated heterocycles. The summed E-state index contributed by atoms with van der Waals surface area (Å²) in [5.74, 6) is -1.10. The van der Waals surface area contributed by atoms with Crippen LogP contribution in [0, 0.1) is 5.82 Å². The first-order valence-electron chi connectivity index (χ1n) is 6.62. The van der Waals surface area contributed by atoms with Crippen molar-refractivity contribution < 1.29 is 22.3 Å². The Hall–Kier alpha value is -2.45. The van der Waals surface area contributed by atoms with Crippen LogP contribution in [0.2, 0.25) is 0 Å². The Morgan fingerprint density at radius 2 is 1.78 bits per heavy atom. The molecule has 0 heterocycles. The maximum absolute atomic E-state index is 13.5. The van der Waals surface area contributed by atoms with Crippen molar-refractivity contribution in [2.45, 2.75) is 17.9 Å². The molecule has 0 aromatic heterocycles. The summed E-state index contributed by atoms with van der Waals surface area (Å²) in [6, 6.07) is 11.1. The monoisotopic (exact) mass is 338 g/mol. The average molecular weight is 338 g/mol. The van der Waals surface area contributed by atoms with Gasteiger partial charge in [-0.25, -0.2) is 17.9 Å². The van der Waals surface area contributed by atoms with Crippen molar-refractivity contribution in [3.05, 3.63) is 54.3 Å². The summed E-state index contributed by atoms with van der Waals surface area (Å²) in [5, 5.41) is 7.52. The molecule has 0 radical (unpaired) electrons. The number of primary sulfonamides is 1. The van der Waals surface area contributed by atoms with E-state index >= 15 is 0 Å². The van der Waals surface area contributed by atoms with E-state index in [1.807, 2.05) is 0 Å². The van der Waals surface area contributed by atoms with E-state index < -0.39 is 27.9 Å². The van der Waals surface area contributed by atoms with Gasteiger partial charge in [-0.2, -0.15) is 0 Å². The molecule has 23 heavy (non-hydrogen) atoms. The van der Waals surface area contributed by atoms with Gasteiger partial charge in [-0.05, 0) is 43.3 Å². The number of carbonyl (C=O) groups is 1. The summed E-state index contributed by atoms with van der Waals surface area (Å²) in [6.45, 7) is 1.47. The van der Waals surface area contributed by atoms with Crippen LogP contribution in [-0.2, 0) is 14.8 Å². The maximum atomic E-state index is 13.5. The summed E-state index contributed by atoms with van der Waals surface area (Å²) < 4.78 is 41.0. The lowest BCUT2D eigenvalue weighted by atomic mass is 10.3. The molecule has 6 nitrogen and oxygen atoms in total. The van der Waals surface area contributed by atoms with Crippen molar-refractivity contribution in [3.63, 3.8) is 0 Å². The van der Waals surface area contributed by atoms with E-state index in [2.05, 4.69) is 5.32 Å². The molecule has 0 aliphatic heterocycles. The Morgan fingerprint density at radius 1 is 1.17 bits per heavy atom. The van der Waals surface area contributed by atoms with Crippen LogP contribution >= 0.6 is 0 Å². The summed E-state index contributed by atoms with van der Waals surface area (Å²) in [7, 11) is -3.79. The van der Waals surface area contributed by atoms with Crippen molar-refractivity contribution in [1.29, 1.82) is 0 Å². The van der Waals surface area contributed by atoms with Gasteiger partial charge >= 0.3 is 0 Å². The lowest BCUT2D eigenvalue weighted by molar-refractivity contribution is -0.122. The Kier molecular flexibility index (Phi) is 4.97. The van der Waals surface area contributed by atoms with Crippen molar-refractivity contribution in [3.8, 4) is 5.75 Å². The first kappa shape index (κ1) is 16.9. The highest BCUT2D eigenvalue weighted by atomic mass is 32.2. The number of hydrogen-bond donors (Lipinski definition) is 2. The highest BCUT2D eigenvalue weighted by Gasteiger charge is 2.17. The minimum atomic E-state index is -3.79. The molecule has 2 rings (SSSR count). The Bertz CT molecular complexity index is 806. The first-order valence-corrected chi connectivity index (χ1v) is 8.17. The molecule has 2 aromatic carbocycles. The van der Waals surface area contributed by atoms with Gasteiger partial charge in [0.15, 0.2) is 17.7 Å². The van der Waals surface area contributed by atoms with E-state index in [0.29, 0.717) is 5.69 Å². The number of hydrogen-bond acceptors (Lipinski definition) is 4. The zero-order valence-corrected chi connectivity index (χ0v) is 13.0. The smallest absolute Gasteiger partial charge is 0.265 e. The highest BCUT2D eigenvalue weighted by molar-refractivity contribution is 7.89. The Morgan fingerprint density at radius 3 is 2.35 bits per heavy atom. The number of carbonyl (C=O) groups excluding carboxylic acids is 1. The second kappa shape index (κ2) is 6.76. The molecule has 1 amide bonds. The van der Waals surface area contributed by atoms with Gasteiger partial charge in [0.1, 0.15) is 0 Å². The van der Waals surface area contributed by atoms with Gasteiger partial charge in [0.2, 0.25) is 10.0 Å². The summed E-state index contributed by atoms with van der Waals surface area (Å²) in [4.78, 5) is 11.9. The first-order chi connectivity index (χ1) is 10.8. The van der Waals surface area contributed by atoms with E-state index in [4.69, 9.17) is 9.88 Å². The fourth-order valence-electron chi connectivity index (χ4n) is 1.76. The number of anilines is 1. The van der Waals surface area contributed by atoms with Crippen LogP contribution < -0.4 is 15.2 Å². The summed E-state index contributed by atoms with van der Waals surface area (Å²) in [6.07, 6.45) is -0.940. The van der Waals surface area contributed by atoms with Gasteiger partial charge in [0.05, 0.1) is 4.90 Å². The van der Waals surface area contributed by atoms with Crippen molar-refractivity contribution >= 4 is 21.6 Å². The summed E-state index contributed by atoms with van der Waals surface area (Å²) in [5.41, 5.74) is 0.367. The van der Waals surface area contributed by atoms with Gasteiger partial charge in [-0.3, -0.25) is 4.79 Å². The zero-order chi connectivity index (χ0) is 17.0. The van der Waals surface area contributed by atoms with Gasteiger partial charge < -0.3 is 10.1 Å². The van der Waals surface area contributed by atoms with Gasteiger partial charge in [-0.1, -0.05) is 12.1 Å². The van der Waals surface area contributed by atoms with Crippen LogP contribution in [0.15, 0.2) is 53.4 Å². The van der Waals surface area contributed by atoms with Crippen molar-refractivity contribution in [1.82, 2.24) is 0 Å². The summed E-state index contributed by atoms with van der Waals surface area (Å²) >= 11 is 0. The maximum Gasteiger partial charge on any atom is 0.265 e. The Balaban J connectivity index is 2.02. The number of sulfonamides is 1. The van der Waals surface area contributed by atoms with E-state index in [9.17, 15) is 17.6 Å².